The van der Waals surface area contributed by atoms with Gasteiger partial charge in [-0.3, -0.25) is 4.99 Å². The number of aliphatic imine (C=N–C) groups is 1. The monoisotopic (exact) mass is 311 g/mol. The van der Waals surface area contributed by atoms with Crippen molar-refractivity contribution in [2.45, 2.75) is 18.8 Å². The van der Waals surface area contributed by atoms with Crippen LogP contribution in [0.25, 0.3) is 0 Å². The van der Waals surface area contributed by atoms with Crippen molar-refractivity contribution in [2.24, 2.45) is 10.9 Å². The fourth-order valence-electron chi connectivity index (χ4n) is 2.79. The van der Waals surface area contributed by atoms with Gasteiger partial charge in [-0.2, -0.15) is 0 Å². The van der Waals surface area contributed by atoms with Crippen LogP contribution in [0.1, 0.15) is 24.3 Å². The molecule has 0 bridgehead atoms. The van der Waals surface area contributed by atoms with Crippen LogP contribution in [0.2, 0.25) is 10.0 Å². The molecule has 0 radical (unpaired) electrons. The molecule has 1 aliphatic carbocycles. The van der Waals surface area contributed by atoms with Crippen molar-refractivity contribution in [1.29, 1.82) is 0 Å². The summed E-state index contributed by atoms with van der Waals surface area (Å²) in [5, 5.41) is 4.96. The Morgan fingerprint density at radius 1 is 1.40 bits per heavy atom. The summed E-state index contributed by atoms with van der Waals surface area (Å²) in [6, 6.07) is 5.81. The highest BCUT2D eigenvalue weighted by Crippen LogP contribution is 2.49. The van der Waals surface area contributed by atoms with Gasteiger partial charge in [0.05, 0.1) is 0 Å². The molecular formula is C15H19Cl2N3. The third-order valence-corrected chi connectivity index (χ3v) is 4.64. The second-order valence-corrected chi connectivity index (χ2v) is 6.47. The summed E-state index contributed by atoms with van der Waals surface area (Å²) in [4.78, 5) is 6.72. The number of rotatable bonds is 3. The SMILES string of the molecule is CN1CCCN=C1NC[C@@H]1C[C@H]1c1ccc(Cl)cc1Cl. The van der Waals surface area contributed by atoms with Gasteiger partial charge >= 0.3 is 0 Å². The number of nitrogens with one attached hydrogen (secondary N) is 1. The summed E-state index contributed by atoms with van der Waals surface area (Å²) < 4.78 is 0. The third kappa shape index (κ3) is 3.04. The Kier molecular flexibility index (Phi) is 4.08. The molecule has 1 aromatic rings. The topological polar surface area (TPSA) is 27.6 Å². The predicted molar refractivity (Wildman–Crippen MR) is 84.9 cm³/mol. The molecule has 20 heavy (non-hydrogen) atoms. The van der Waals surface area contributed by atoms with E-state index in [-0.39, 0.29) is 0 Å². The standard InChI is InChI=1S/C15H19Cl2N3/c1-20-6-2-5-18-15(20)19-9-10-7-13(10)12-4-3-11(16)8-14(12)17/h3-4,8,10,13H,2,5-7,9H2,1H3,(H,18,19)/t10-,13+/m0/s1. The minimum absolute atomic E-state index is 0.557. The van der Waals surface area contributed by atoms with E-state index in [1.807, 2.05) is 12.1 Å². The summed E-state index contributed by atoms with van der Waals surface area (Å²) in [5.41, 5.74) is 1.22. The van der Waals surface area contributed by atoms with E-state index in [0.717, 1.165) is 37.0 Å². The van der Waals surface area contributed by atoms with E-state index >= 15 is 0 Å². The normalized spacial score (nSPS) is 25.4. The van der Waals surface area contributed by atoms with Crippen molar-refractivity contribution >= 4 is 29.2 Å². The van der Waals surface area contributed by atoms with Crippen LogP contribution < -0.4 is 5.32 Å². The van der Waals surface area contributed by atoms with Crippen molar-refractivity contribution in [2.75, 3.05) is 26.7 Å². The van der Waals surface area contributed by atoms with Gasteiger partial charge in [0.2, 0.25) is 0 Å². The largest absolute Gasteiger partial charge is 0.356 e. The zero-order chi connectivity index (χ0) is 14.1. The fourth-order valence-corrected chi connectivity index (χ4v) is 3.34. The quantitative estimate of drug-likeness (QED) is 0.926. The molecule has 3 nitrogen and oxygen atoms in total. The Hall–Kier alpha value is -0.930. The Labute approximate surface area is 130 Å². The zero-order valence-corrected chi connectivity index (χ0v) is 13.1. The van der Waals surface area contributed by atoms with Crippen LogP contribution in [-0.4, -0.2) is 37.5 Å². The molecule has 5 heteroatoms. The van der Waals surface area contributed by atoms with Gasteiger partial charge in [0.1, 0.15) is 0 Å². The Morgan fingerprint density at radius 2 is 2.25 bits per heavy atom. The number of hydrogen-bond acceptors (Lipinski definition) is 3. The molecule has 1 heterocycles. The van der Waals surface area contributed by atoms with Gasteiger partial charge in [-0.25, -0.2) is 0 Å². The molecule has 0 spiro atoms. The maximum atomic E-state index is 6.27. The van der Waals surface area contributed by atoms with Crippen molar-refractivity contribution in [1.82, 2.24) is 10.2 Å². The molecule has 108 valence electrons. The molecule has 3 rings (SSSR count). The molecule has 1 aromatic carbocycles. The number of hydrogen-bond donors (Lipinski definition) is 1. The van der Waals surface area contributed by atoms with Gasteiger partial charge < -0.3 is 10.2 Å². The van der Waals surface area contributed by atoms with E-state index < -0.39 is 0 Å². The highest BCUT2D eigenvalue weighted by Gasteiger charge is 2.39. The summed E-state index contributed by atoms with van der Waals surface area (Å²) >= 11 is 12.2. The van der Waals surface area contributed by atoms with Crippen LogP contribution in [0.3, 0.4) is 0 Å². The zero-order valence-electron chi connectivity index (χ0n) is 11.6. The van der Waals surface area contributed by atoms with Crippen LogP contribution in [0, 0.1) is 5.92 Å². The van der Waals surface area contributed by atoms with E-state index in [0.29, 0.717) is 16.9 Å². The molecule has 0 unspecified atom stereocenters. The van der Waals surface area contributed by atoms with Crippen LogP contribution in [0.15, 0.2) is 23.2 Å². The lowest BCUT2D eigenvalue weighted by molar-refractivity contribution is 0.444. The minimum atomic E-state index is 0.557. The van der Waals surface area contributed by atoms with E-state index in [9.17, 15) is 0 Å². The van der Waals surface area contributed by atoms with Crippen molar-refractivity contribution in [3.63, 3.8) is 0 Å². The lowest BCUT2D eigenvalue weighted by Gasteiger charge is -2.25. The molecule has 1 aliphatic heterocycles. The highest BCUT2D eigenvalue weighted by molar-refractivity contribution is 6.35. The lowest BCUT2D eigenvalue weighted by Crippen LogP contribution is -2.42. The van der Waals surface area contributed by atoms with Gasteiger partial charge in [-0.15, -0.1) is 0 Å². The number of halogens is 2. The number of nitrogens with zero attached hydrogens (tertiary/aromatic N) is 2. The first-order valence-electron chi connectivity index (χ1n) is 7.09. The van der Waals surface area contributed by atoms with Gasteiger partial charge in [0.25, 0.3) is 0 Å². The van der Waals surface area contributed by atoms with Crippen molar-refractivity contribution < 1.29 is 0 Å². The predicted octanol–water partition coefficient (Wildman–Crippen LogP) is 3.38. The highest BCUT2D eigenvalue weighted by atomic mass is 35.5. The van der Waals surface area contributed by atoms with Crippen LogP contribution >= 0.6 is 23.2 Å². The number of benzene rings is 1. The first-order valence-corrected chi connectivity index (χ1v) is 7.85. The molecule has 1 fully saturated rings. The average Bonchev–Trinajstić information content (AvgIpc) is 3.17. The van der Waals surface area contributed by atoms with E-state index in [1.165, 1.54) is 12.0 Å². The van der Waals surface area contributed by atoms with Gasteiger partial charge in [-0.05, 0) is 42.4 Å². The minimum Gasteiger partial charge on any atom is -0.356 e. The summed E-state index contributed by atoms with van der Waals surface area (Å²) in [5.74, 6) is 2.23. The van der Waals surface area contributed by atoms with Crippen LogP contribution in [-0.2, 0) is 0 Å². The molecular weight excluding hydrogens is 293 g/mol. The second-order valence-electron chi connectivity index (χ2n) is 5.63. The van der Waals surface area contributed by atoms with Crippen LogP contribution in [0.4, 0.5) is 0 Å². The molecule has 0 amide bonds. The first kappa shape index (κ1) is 14.0. The molecule has 0 saturated heterocycles. The van der Waals surface area contributed by atoms with E-state index in [4.69, 9.17) is 23.2 Å². The maximum absolute atomic E-state index is 6.27. The van der Waals surface area contributed by atoms with E-state index in [2.05, 4.69) is 28.3 Å². The molecule has 2 atom stereocenters. The molecule has 2 aliphatic rings. The average molecular weight is 312 g/mol. The summed E-state index contributed by atoms with van der Waals surface area (Å²) in [6.45, 7) is 2.99. The molecule has 1 N–H and O–H groups in total. The maximum Gasteiger partial charge on any atom is 0.193 e. The van der Waals surface area contributed by atoms with Crippen molar-refractivity contribution in [3.05, 3.63) is 33.8 Å². The smallest absolute Gasteiger partial charge is 0.193 e. The lowest BCUT2D eigenvalue weighted by atomic mass is 10.1. The Bertz CT molecular complexity index is 530. The third-order valence-electron chi connectivity index (χ3n) is 4.08. The van der Waals surface area contributed by atoms with E-state index in [1.54, 1.807) is 0 Å². The first-order chi connectivity index (χ1) is 9.65. The number of guanidine groups is 1. The second kappa shape index (κ2) is 5.82. The summed E-state index contributed by atoms with van der Waals surface area (Å²) in [6.07, 6.45) is 2.33. The Morgan fingerprint density at radius 3 is 3.00 bits per heavy atom. The van der Waals surface area contributed by atoms with Crippen LogP contribution in [0.5, 0.6) is 0 Å². The van der Waals surface area contributed by atoms with Gasteiger partial charge in [0, 0.05) is 36.7 Å². The molecule has 1 saturated carbocycles. The summed E-state index contributed by atoms with van der Waals surface area (Å²) in [7, 11) is 2.09. The Balaban J connectivity index is 1.56. The molecule has 0 aromatic heterocycles. The van der Waals surface area contributed by atoms with Gasteiger partial charge in [0.15, 0.2) is 5.96 Å². The fraction of sp³-hybridized carbons (Fsp3) is 0.533. The van der Waals surface area contributed by atoms with Crippen molar-refractivity contribution in [3.8, 4) is 0 Å². The van der Waals surface area contributed by atoms with Gasteiger partial charge in [-0.1, -0.05) is 29.3 Å².